The number of anilines is 1. The van der Waals surface area contributed by atoms with Crippen LogP contribution < -0.4 is 11.3 Å². The van der Waals surface area contributed by atoms with E-state index in [2.05, 4.69) is 9.97 Å². The van der Waals surface area contributed by atoms with Crippen molar-refractivity contribution in [3.05, 3.63) is 21.6 Å². The van der Waals surface area contributed by atoms with Crippen LogP contribution in [0.1, 0.15) is 11.3 Å². The number of aromatic amines is 2. The summed E-state index contributed by atoms with van der Waals surface area (Å²) < 4.78 is 0. The summed E-state index contributed by atoms with van der Waals surface area (Å²) in [6.07, 6.45) is 0. The minimum Gasteiger partial charge on any atom is -0.502 e. The Bertz CT molecular complexity index is 565. The number of hydrogen-bond donors (Lipinski definition) is 4. The molecule has 2 aromatic heterocycles. The number of aromatic hydroxyl groups is 1. The highest BCUT2D eigenvalue weighted by Gasteiger charge is 2.13. The van der Waals surface area contributed by atoms with Gasteiger partial charge in [-0.1, -0.05) is 0 Å². The quantitative estimate of drug-likeness (QED) is 0.497. The molecule has 0 spiro atoms. The number of nitrogens with one attached hydrogen (secondary N) is 2. The average Bonchev–Trinajstić information content (AvgIpc) is 2.39. The maximum absolute atomic E-state index is 11.2. The van der Waals surface area contributed by atoms with Crippen molar-refractivity contribution in [3.63, 3.8) is 0 Å². The fourth-order valence-electron chi connectivity index (χ4n) is 1.56. The molecule has 5 heteroatoms. The van der Waals surface area contributed by atoms with Crippen LogP contribution in [-0.4, -0.2) is 15.1 Å². The molecular formula is C9H11N3O2. The van der Waals surface area contributed by atoms with Gasteiger partial charge < -0.3 is 20.8 Å². The Morgan fingerprint density at radius 3 is 2.57 bits per heavy atom. The van der Waals surface area contributed by atoms with E-state index in [1.807, 2.05) is 13.8 Å². The smallest absolute Gasteiger partial charge is 0.293 e. The number of hydrogen-bond acceptors (Lipinski definition) is 3. The van der Waals surface area contributed by atoms with Gasteiger partial charge in [0.2, 0.25) is 5.75 Å². The Morgan fingerprint density at radius 2 is 1.93 bits per heavy atom. The van der Waals surface area contributed by atoms with Crippen molar-refractivity contribution in [2.75, 3.05) is 5.73 Å². The number of aryl methyl sites for hydroxylation is 2. The van der Waals surface area contributed by atoms with Crippen molar-refractivity contribution < 1.29 is 5.11 Å². The molecule has 0 fully saturated rings. The van der Waals surface area contributed by atoms with Crippen LogP contribution in [0.15, 0.2) is 4.79 Å². The second-order valence-electron chi connectivity index (χ2n) is 3.34. The lowest BCUT2D eigenvalue weighted by Gasteiger charge is -1.99. The van der Waals surface area contributed by atoms with Crippen LogP contribution in [0.3, 0.4) is 0 Å². The van der Waals surface area contributed by atoms with E-state index in [1.165, 1.54) is 0 Å². The lowest BCUT2D eigenvalue weighted by molar-refractivity contribution is 0.470. The van der Waals surface area contributed by atoms with Crippen molar-refractivity contribution in [2.45, 2.75) is 13.8 Å². The molecule has 0 aliphatic rings. The topological polar surface area (TPSA) is 94.9 Å². The largest absolute Gasteiger partial charge is 0.502 e. The van der Waals surface area contributed by atoms with Crippen LogP contribution in [0.2, 0.25) is 0 Å². The van der Waals surface area contributed by atoms with E-state index in [-0.39, 0.29) is 5.69 Å². The first-order valence-corrected chi connectivity index (χ1v) is 4.22. The van der Waals surface area contributed by atoms with E-state index in [0.717, 1.165) is 11.3 Å². The van der Waals surface area contributed by atoms with E-state index < -0.39 is 11.3 Å². The van der Waals surface area contributed by atoms with Gasteiger partial charge in [0.15, 0.2) is 0 Å². The third-order valence-electron chi connectivity index (χ3n) is 2.48. The van der Waals surface area contributed by atoms with E-state index in [9.17, 15) is 9.90 Å². The molecule has 74 valence electrons. The van der Waals surface area contributed by atoms with Crippen molar-refractivity contribution in [1.82, 2.24) is 9.97 Å². The highest BCUT2D eigenvalue weighted by Crippen LogP contribution is 2.28. The Hall–Kier alpha value is -1.91. The molecule has 2 heterocycles. The molecule has 0 saturated carbocycles. The zero-order valence-corrected chi connectivity index (χ0v) is 7.93. The van der Waals surface area contributed by atoms with Gasteiger partial charge in [0.1, 0.15) is 5.65 Å². The molecule has 14 heavy (non-hydrogen) atoms. The molecule has 0 unspecified atom stereocenters. The third kappa shape index (κ3) is 0.921. The summed E-state index contributed by atoms with van der Waals surface area (Å²) in [5, 5.41) is 10.0. The zero-order chi connectivity index (χ0) is 10.5. The summed E-state index contributed by atoms with van der Waals surface area (Å²) in [6.45, 7) is 3.76. The number of nitrogens with two attached hydrogens (primary N) is 1. The van der Waals surface area contributed by atoms with Gasteiger partial charge in [-0.15, -0.1) is 0 Å². The van der Waals surface area contributed by atoms with Crippen molar-refractivity contribution in [2.24, 2.45) is 0 Å². The van der Waals surface area contributed by atoms with E-state index in [0.29, 0.717) is 11.0 Å². The summed E-state index contributed by atoms with van der Waals surface area (Å²) in [5.41, 5.74) is 7.61. The molecule has 2 rings (SSSR count). The summed E-state index contributed by atoms with van der Waals surface area (Å²) in [7, 11) is 0. The van der Waals surface area contributed by atoms with Gasteiger partial charge in [0.05, 0.1) is 5.69 Å². The first-order chi connectivity index (χ1) is 6.52. The Morgan fingerprint density at radius 1 is 1.29 bits per heavy atom. The van der Waals surface area contributed by atoms with E-state index >= 15 is 0 Å². The summed E-state index contributed by atoms with van der Waals surface area (Å²) in [5.74, 6) is -0.417. The van der Waals surface area contributed by atoms with Crippen LogP contribution >= 0.6 is 0 Å². The third-order valence-corrected chi connectivity index (χ3v) is 2.48. The maximum atomic E-state index is 11.2. The van der Waals surface area contributed by atoms with Gasteiger partial charge in [-0.25, -0.2) is 0 Å². The number of aromatic nitrogens is 2. The van der Waals surface area contributed by atoms with Crippen molar-refractivity contribution in [1.29, 1.82) is 0 Å². The predicted molar refractivity (Wildman–Crippen MR) is 54.5 cm³/mol. The van der Waals surface area contributed by atoms with Gasteiger partial charge in [-0.05, 0) is 19.4 Å². The van der Waals surface area contributed by atoms with Gasteiger partial charge in [0.25, 0.3) is 5.56 Å². The van der Waals surface area contributed by atoms with E-state index in [1.54, 1.807) is 0 Å². The van der Waals surface area contributed by atoms with Crippen LogP contribution in [0.5, 0.6) is 5.75 Å². The minimum absolute atomic E-state index is 0.130. The molecule has 0 atom stereocenters. The number of fused-ring (bicyclic) bond motifs is 1. The molecular weight excluding hydrogens is 182 g/mol. The predicted octanol–water partition coefficient (Wildman–Crippen LogP) is 0.761. The van der Waals surface area contributed by atoms with Gasteiger partial charge >= 0.3 is 0 Å². The van der Waals surface area contributed by atoms with Crippen LogP contribution in [0, 0.1) is 13.8 Å². The molecule has 5 N–H and O–H groups in total. The average molecular weight is 193 g/mol. The monoisotopic (exact) mass is 193 g/mol. The number of nitrogen functional groups attached to an aromatic ring is 1. The van der Waals surface area contributed by atoms with Crippen molar-refractivity contribution >= 4 is 16.7 Å². The molecule has 0 aliphatic heterocycles. The normalized spacial score (nSPS) is 11.0. The van der Waals surface area contributed by atoms with E-state index in [4.69, 9.17) is 5.73 Å². The highest BCUT2D eigenvalue weighted by atomic mass is 16.3. The molecule has 0 amide bonds. The summed E-state index contributed by atoms with van der Waals surface area (Å²) in [6, 6.07) is 0. The van der Waals surface area contributed by atoms with Crippen LogP contribution in [0.4, 0.5) is 5.69 Å². The molecule has 0 radical (unpaired) electrons. The molecule has 0 aromatic carbocycles. The second-order valence-corrected chi connectivity index (χ2v) is 3.34. The Balaban J connectivity index is 3.07. The maximum Gasteiger partial charge on any atom is 0.293 e. The molecule has 0 bridgehead atoms. The minimum atomic E-state index is -0.573. The van der Waals surface area contributed by atoms with Gasteiger partial charge in [0, 0.05) is 11.1 Å². The molecule has 0 saturated heterocycles. The lowest BCUT2D eigenvalue weighted by Crippen LogP contribution is -2.07. The molecule has 5 nitrogen and oxygen atoms in total. The van der Waals surface area contributed by atoms with Crippen molar-refractivity contribution in [3.8, 4) is 5.75 Å². The zero-order valence-electron chi connectivity index (χ0n) is 7.93. The highest BCUT2D eigenvalue weighted by molar-refractivity contribution is 5.94. The molecule has 2 aromatic rings. The summed E-state index contributed by atoms with van der Waals surface area (Å²) in [4.78, 5) is 16.7. The Kier molecular flexibility index (Phi) is 1.57. The number of rotatable bonds is 0. The molecule has 0 aliphatic carbocycles. The SMILES string of the molecule is Cc1[nH]c2[nH]c(=O)c(O)c(N)c2c1C. The van der Waals surface area contributed by atoms with Gasteiger partial charge in [-0.3, -0.25) is 4.79 Å². The fraction of sp³-hybridized carbons (Fsp3) is 0.222. The standard InChI is InChI=1S/C9H11N3O2/c1-3-4(2)11-8-5(3)6(10)7(13)9(14)12-8/h13H,1-2H3,(H4,10,11,12,14). The first kappa shape index (κ1) is 8.68. The Labute approximate surface area is 79.6 Å². The lowest BCUT2D eigenvalue weighted by atomic mass is 10.1. The fourth-order valence-corrected chi connectivity index (χ4v) is 1.56. The second kappa shape index (κ2) is 2.54. The first-order valence-electron chi connectivity index (χ1n) is 4.22. The summed E-state index contributed by atoms with van der Waals surface area (Å²) >= 11 is 0. The van der Waals surface area contributed by atoms with Gasteiger partial charge in [-0.2, -0.15) is 0 Å². The van der Waals surface area contributed by atoms with Crippen LogP contribution in [0.25, 0.3) is 11.0 Å². The number of H-pyrrole nitrogens is 2. The number of pyridine rings is 1. The van der Waals surface area contributed by atoms with Crippen LogP contribution in [-0.2, 0) is 0 Å².